The number of hydrogen-bond acceptors (Lipinski definition) is 1. The molecule has 0 saturated carbocycles. The van der Waals surface area contributed by atoms with E-state index in [1.165, 1.54) is 6.07 Å². The number of nitrogens with two attached hydrogens (primary N) is 1. The van der Waals surface area contributed by atoms with Crippen LogP contribution < -0.4 is 5.73 Å². The number of benzene rings is 1. The Bertz CT molecular complexity index is 276. The standard InChI is InChI=1S/C8H8BrF2N/c9-7-5(4-12)2-1-3-6(7)8(10)11/h1-3,8H,4,12H2. The molecule has 0 aliphatic rings. The summed E-state index contributed by atoms with van der Waals surface area (Å²) in [5.74, 6) is 0. The molecular weight excluding hydrogens is 228 g/mol. The van der Waals surface area contributed by atoms with Gasteiger partial charge in [-0.1, -0.05) is 18.2 Å². The van der Waals surface area contributed by atoms with Crippen molar-refractivity contribution in [1.29, 1.82) is 0 Å². The van der Waals surface area contributed by atoms with Crippen LogP contribution in [0.3, 0.4) is 0 Å². The van der Waals surface area contributed by atoms with Crippen LogP contribution in [-0.4, -0.2) is 0 Å². The van der Waals surface area contributed by atoms with Crippen molar-refractivity contribution in [1.82, 2.24) is 0 Å². The summed E-state index contributed by atoms with van der Waals surface area (Å²) in [5, 5.41) is 0. The minimum absolute atomic E-state index is 0.00190. The molecule has 0 bridgehead atoms. The molecule has 0 heterocycles. The highest BCUT2D eigenvalue weighted by molar-refractivity contribution is 9.10. The topological polar surface area (TPSA) is 26.0 Å². The Morgan fingerprint density at radius 2 is 2.08 bits per heavy atom. The maximum Gasteiger partial charge on any atom is 0.264 e. The van der Waals surface area contributed by atoms with E-state index in [1.807, 2.05) is 0 Å². The fourth-order valence-electron chi connectivity index (χ4n) is 0.926. The van der Waals surface area contributed by atoms with Crippen LogP contribution in [0.2, 0.25) is 0 Å². The highest BCUT2D eigenvalue weighted by atomic mass is 79.9. The summed E-state index contributed by atoms with van der Waals surface area (Å²) in [4.78, 5) is 0. The van der Waals surface area contributed by atoms with Gasteiger partial charge in [-0.15, -0.1) is 0 Å². The van der Waals surface area contributed by atoms with Gasteiger partial charge in [0.15, 0.2) is 0 Å². The Kier molecular flexibility index (Phi) is 3.17. The fraction of sp³-hybridized carbons (Fsp3) is 0.250. The predicted molar refractivity (Wildman–Crippen MR) is 47.0 cm³/mol. The SMILES string of the molecule is NCc1cccc(C(F)F)c1Br. The Labute approximate surface area is 77.7 Å². The molecule has 0 fully saturated rings. The third-order valence-corrected chi connectivity index (χ3v) is 2.53. The first kappa shape index (κ1) is 9.61. The van der Waals surface area contributed by atoms with E-state index in [0.29, 0.717) is 10.0 Å². The number of alkyl halides is 2. The fourth-order valence-corrected chi connectivity index (χ4v) is 1.53. The van der Waals surface area contributed by atoms with Crippen molar-refractivity contribution in [3.8, 4) is 0 Å². The van der Waals surface area contributed by atoms with Gasteiger partial charge in [0.1, 0.15) is 0 Å². The lowest BCUT2D eigenvalue weighted by Crippen LogP contribution is -1.99. The lowest BCUT2D eigenvalue weighted by molar-refractivity contribution is 0.150. The smallest absolute Gasteiger partial charge is 0.264 e. The Hall–Kier alpha value is -0.480. The maximum atomic E-state index is 12.3. The zero-order valence-corrected chi connectivity index (χ0v) is 7.81. The van der Waals surface area contributed by atoms with Gasteiger partial charge >= 0.3 is 0 Å². The van der Waals surface area contributed by atoms with E-state index in [-0.39, 0.29) is 12.1 Å². The summed E-state index contributed by atoms with van der Waals surface area (Å²) < 4.78 is 25.0. The van der Waals surface area contributed by atoms with Crippen LogP contribution in [0.15, 0.2) is 22.7 Å². The monoisotopic (exact) mass is 235 g/mol. The van der Waals surface area contributed by atoms with Gasteiger partial charge in [-0.25, -0.2) is 8.78 Å². The molecule has 0 aliphatic heterocycles. The van der Waals surface area contributed by atoms with E-state index in [2.05, 4.69) is 15.9 Å². The summed E-state index contributed by atoms with van der Waals surface area (Å²) in [6, 6.07) is 4.68. The zero-order valence-electron chi connectivity index (χ0n) is 6.23. The average Bonchev–Trinajstić information content (AvgIpc) is 2.04. The molecule has 66 valence electrons. The molecule has 2 N–H and O–H groups in total. The molecule has 0 aromatic heterocycles. The van der Waals surface area contributed by atoms with Crippen LogP contribution in [0.25, 0.3) is 0 Å². The van der Waals surface area contributed by atoms with E-state index in [4.69, 9.17) is 5.73 Å². The first-order valence-corrected chi connectivity index (χ1v) is 4.21. The lowest BCUT2D eigenvalue weighted by Gasteiger charge is -2.06. The molecule has 1 aromatic rings. The van der Waals surface area contributed by atoms with Crippen LogP contribution in [0.1, 0.15) is 17.6 Å². The van der Waals surface area contributed by atoms with Gasteiger partial charge in [0.2, 0.25) is 0 Å². The molecule has 0 saturated heterocycles. The summed E-state index contributed by atoms with van der Waals surface area (Å²) in [5.41, 5.74) is 6.04. The zero-order chi connectivity index (χ0) is 9.14. The second-order valence-corrected chi connectivity index (χ2v) is 3.12. The molecule has 0 unspecified atom stereocenters. The normalized spacial score (nSPS) is 10.8. The van der Waals surface area contributed by atoms with Crippen molar-refractivity contribution in [3.63, 3.8) is 0 Å². The summed E-state index contributed by atoms with van der Waals surface area (Å²) >= 11 is 3.08. The van der Waals surface area contributed by atoms with E-state index >= 15 is 0 Å². The average molecular weight is 236 g/mol. The molecule has 0 spiro atoms. The highest BCUT2D eigenvalue weighted by Crippen LogP contribution is 2.29. The van der Waals surface area contributed by atoms with Crippen molar-refractivity contribution in [2.75, 3.05) is 0 Å². The van der Waals surface area contributed by atoms with Gasteiger partial charge in [-0.3, -0.25) is 0 Å². The van der Waals surface area contributed by atoms with E-state index in [0.717, 1.165) is 0 Å². The van der Waals surface area contributed by atoms with Crippen LogP contribution in [-0.2, 0) is 6.54 Å². The molecule has 0 atom stereocenters. The third-order valence-electron chi connectivity index (χ3n) is 1.56. The van der Waals surface area contributed by atoms with Crippen molar-refractivity contribution in [2.45, 2.75) is 13.0 Å². The Morgan fingerprint density at radius 1 is 1.42 bits per heavy atom. The van der Waals surface area contributed by atoms with Crippen molar-refractivity contribution < 1.29 is 8.78 Å². The highest BCUT2D eigenvalue weighted by Gasteiger charge is 2.12. The van der Waals surface area contributed by atoms with Gasteiger partial charge in [0, 0.05) is 16.6 Å². The summed E-state index contributed by atoms with van der Waals surface area (Å²) in [6.45, 7) is 0.265. The first-order chi connectivity index (χ1) is 5.66. The second kappa shape index (κ2) is 3.96. The van der Waals surface area contributed by atoms with Crippen molar-refractivity contribution in [3.05, 3.63) is 33.8 Å². The Balaban J connectivity index is 3.14. The minimum Gasteiger partial charge on any atom is -0.326 e. The second-order valence-electron chi connectivity index (χ2n) is 2.33. The van der Waals surface area contributed by atoms with Gasteiger partial charge in [-0.2, -0.15) is 0 Å². The van der Waals surface area contributed by atoms with Crippen molar-refractivity contribution in [2.24, 2.45) is 5.73 Å². The largest absolute Gasteiger partial charge is 0.326 e. The van der Waals surface area contributed by atoms with E-state index in [1.54, 1.807) is 12.1 Å². The molecule has 4 heteroatoms. The molecule has 1 aromatic carbocycles. The molecule has 0 aliphatic carbocycles. The number of rotatable bonds is 2. The number of hydrogen-bond donors (Lipinski definition) is 1. The van der Waals surface area contributed by atoms with Crippen LogP contribution >= 0.6 is 15.9 Å². The summed E-state index contributed by atoms with van der Waals surface area (Å²) in [6.07, 6.45) is -2.45. The van der Waals surface area contributed by atoms with Crippen LogP contribution in [0, 0.1) is 0 Å². The molecule has 0 amide bonds. The molecule has 1 nitrogen and oxygen atoms in total. The van der Waals surface area contributed by atoms with Crippen LogP contribution in [0.4, 0.5) is 8.78 Å². The molecular formula is C8H8BrF2N. The van der Waals surface area contributed by atoms with E-state index < -0.39 is 6.43 Å². The van der Waals surface area contributed by atoms with Gasteiger partial charge < -0.3 is 5.73 Å². The molecule has 12 heavy (non-hydrogen) atoms. The minimum atomic E-state index is -2.45. The maximum absolute atomic E-state index is 12.3. The third kappa shape index (κ3) is 1.81. The van der Waals surface area contributed by atoms with Gasteiger partial charge in [-0.05, 0) is 21.5 Å². The van der Waals surface area contributed by atoms with Crippen LogP contribution in [0.5, 0.6) is 0 Å². The number of halogens is 3. The van der Waals surface area contributed by atoms with E-state index in [9.17, 15) is 8.78 Å². The molecule has 1 rings (SSSR count). The van der Waals surface area contributed by atoms with Gasteiger partial charge in [0.25, 0.3) is 6.43 Å². The van der Waals surface area contributed by atoms with Gasteiger partial charge in [0.05, 0.1) is 0 Å². The van der Waals surface area contributed by atoms with Crippen molar-refractivity contribution >= 4 is 15.9 Å². The predicted octanol–water partition coefficient (Wildman–Crippen LogP) is 2.85. The molecule has 0 radical (unpaired) electrons. The first-order valence-electron chi connectivity index (χ1n) is 3.42. The quantitative estimate of drug-likeness (QED) is 0.839. The Morgan fingerprint density at radius 3 is 2.58 bits per heavy atom. The lowest BCUT2D eigenvalue weighted by atomic mass is 10.1. The summed E-state index contributed by atoms with van der Waals surface area (Å²) in [7, 11) is 0.